The third-order valence-electron chi connectivity index (χ3n) is 9.81. The molecule has 0 amide bonds. The van der Waals surface area contributed by atoms with Crippen molar-refractivity contribution in [1.29, 1.82) is 0 Å². The smallest absolute Gasteiger partial charge is 0.310 e. The molecule has 1 fully saturated rings. The van der Waals surface area contributed by atoms with Crippen LogP contribution >= 0.6 is 0 Å². The quantitative estimate of drug-likeness (QED) is 0.277. The molecular formula is C37H39NO8. The van der Waals surface area contributed by atoms with Gasteiger partial charge in [0.05, 0.1) is 38.0 Å². The van der Waals surface area contributed by atoms with Crippen molar-refractivity contribution >= 4 is 11.9 Å². The van der Waals surface area contributed by atoms with Crippen LogP contribution in [0.5, 0.6) is 17.2 Å². The second-order valence-electron chi connectivity index (χ2n) is 12.4. The molecule has 46 heavy (non-hydrogen) atoms. The molecule has 3 aromatic carbocycles. The van der Waals surface area contributed by atoms with Crippen LogP contribution in [0.2, 0.25) is 0 Å². The standard InChI is InChI=1S/C37H39NO8/c1-41-32-21-37-13-7-14-38(37)15-12-26-18-30-31(45-23-44-30)20-29(26)34(37)35(32)46-36(40)27(19-33(39)42-2)16-25-10-6-11-28(17-25)43-22-24-8-4-3-5-9-24/h3-6,8-11,17-18,20-21,27,34-35H,7,12-16,19,22-23H2,1-2H3/t27-,34+,35+,37-/m0/s1. The van der Waals surface area contributed by atoms with Crippen molar-refractivity contribution < 1.29 is 38.0 Å². The van der Waals surface area contributed by atoms with Crippen molar-refractivity contribution in [2.45, 2.75) is 56.3 Å². The first kappa shape index (κ1) is 30.2. The molecule has 0 N–H and O–H groups in total. The maximum Gasteiger partial charge on any atom is 0.310 e. The Bertz CT molecular complexity index is 1640. The van der Waals surface area contributed by atoms with Crippen molar-refractivity contribution in [1.82, 2.24) is 4.90 Å². The Kier molecular flexibility index (Phi) is 8.34. The van der Waals surface area contributed by atoms with Gasteiger partial charge in [-0.25, -0.2) is 0 Å². The molecule has 9 nitrogen and oxygen atoms in total. The van der Waals surface area contributed by atoms with Crippen molar-refractivity contribution in [3.05, 3.63) is 101 Å². The molecule has 0 radical (unpaired) electrons. The highest BCUT2D eigenvalue weighted by Gasteiger charge is 2.58. The third kappa shape index (κ3) is 5.68. The lowest BCUT2D eigenvalue weighted by molar-refractivity contribution is -0.159. The number of nitrogens with zero attached hydrogens (tertiary/aromatic N) is 1. The number of hydrogen-bond acceptors (Lipinski definition) is 9. The lowest BCUT2D eigenvalue weighted by Gasteiger charge is -2.39. The van der Waals surface area contributed by atoms with E-state index in [2.05, 4.69) is 23.1 Å². The molecule has 1 saturated heterocycles. The maximum absolute atomic E-state index is 14.2. The normalized spacial score (nSPS) is 23.3. The number of benzene rings is 3. The molecule has 0 saturated carbocycles. The fraction of sp³-hybridized carbons (Fsp3) is 0.405. The van der Waals surface area contributed by atoms with Gasteiger partial charge in [-0.2, -0.15) is 0 Å². The molecule has 1 spiro atoms. The average molecular weight is 626 g/mol. The van der Waals surface area contributed by atoms with Gasteiger partial charge in [-0.05, 0) is 84.8 Å². The topological polar surface area (TPSA) is 92.8 Å². The summed E-state index contributed by atoms with van der Waals surface area (Å²) in [6, 6.07) is 21.7. The summed E-state index contributed by atoms with van der Waals surface area (Å²) in [5.41, 5.74) is 3.81. The molecular weight excluding hydrogens is 586 g/mol. The zero-order chi connectivity index (χ0) is 31.7. The van der Waals surface area contributed by atoms with E-state index in [0.717, 1.165) is 60.4 Å². The lowest BCUT2D eigenvalue weighted by Crippen LogP contribution is -2.47. The summed E-state index contributed by atoms with van der Waals surface area (Å²) in [5.74, 6) is 0.847. The lowest BCUT2D eigenvalue weighted by atomic mass is 9.77. The zero-order valence-corrected chi connectivity index (χ0v) is 26.2. The summed E-state index contributed by atoms with van der Waals surface area (Å²) in [6.45, 7) is 2.45. The molecule has 4 atom stereocenters. The van der Waals surface area contributed by atoms with E-state index in [-0.39, 0.29) is 31.1 Å². The van der Waals surface area contributed by atoms with Crippen LogP contribution in [0.25, 0.3) is 0 Å². The van der Waals surface area contributed by atoms with Crippen LogP contribution in [-0.4, -0.2) is 62.6 Å². The second-order valence-corrected chi connectivity index (χ2v) is 12.4. The van der Waals surface area contributed by atoms with E-state index in [1.807, 2.05) is 54.6 Å². The molecule has 1 aliphatic carbocycles. The summed E-state index contributed by atoms with van der Waals surface area (Å²) in [6.07, 6.45) is 4.50. The number of ether oxygens (including phenoxy) is 6. The summed E-state index contributed by atoms with van der Waals surface area (Å²) in [4.78, 5) is 29.2. The second kappa shape index (κ2) is 12.7. The first-order valence-corrected chi connectivity index (χ1v) is 15.9. The van der Waals surface area contributed by atoms with Crippen molar-refractivity contribution in [2.75, 3.05) is 34.1 Å². The van der Waals surface area contributed by atoms with E-state index in [9.17, 15) is 9.59 Å². The molecule has 3 heterocycles. The number of carbonyl (C=O) groups is 2. The summed E-state index contributed by atoms with van der Waals surface area (Å²) < 4.78 is 34.9. The number of rotatable bonds is 10. The molecule has 0 aromatic heterocycles. The average Bonchev–Trinajstić information content (AvgIpc) is 3.77. The van der Waals surface area contributed by atoms with Crippen LogP contribution < -0.4 is 14.2 Å². The number of esters is 2. The van der Waals surface area contributed by atoms with E-state index < -0.39 is 24.0 Å². The number of fused-ring (bicyclic) bond motifs is 3. The van der Waals surface area contributed by atoms with Gasteiger partial charge in [0.25, 0.3) is 0 Å². The third-order valence-corrected chi connectivity index (χ3v) is 9.81. The van der Waals surface area contributed by atoms with Gasteiger partial charge in [0.2, 0.25) is 6.79 Å². The minimum absolute atomic E-state index is 0.111. The van der Waals surface area contributed by atoms with Crippen LogP contribution in [0.3, 0.4) is 0 Å². The Morgan fingerprint density at radius 2 is 1.78 bits per heavy atom. The number of methoxy groups -OCH3 is 2. The molecule has 4 aliphatic rings. The van der Waals surface area contributed by atoms with E-state index in [1.165, 1.54) is 7.11 Å². The van der Waals surface area contributed by atoms with E-state index >= 15 is 0 Å². The van der Waals surface area contributed by atoms with Crippen molar-refractivity contribution in [2.24, 2.45) is 5.92 Å². The molecule has 9 heteroatoms. The highest BCUT2D eigenvalue weighted by atomic mass is 16.7. The van der Waals surface area contributed by atoms with E-state index in [0.29, 0.717) is 23.9 Å². The van der Waals surface area contributed by atoms with Gasteiger partial charge in [0.15, 0.2) is 17.6 Å². The monoisotopic (exact) mass is 625 g/mol. The number of hydrogen-bond donors (Lipinski definition) is 0. The Morgan fingerprint density at radius 1 is 0.978 bits per heavy atom. The van der Waals surface area contributed by atoms with Gasteiger partial charge < -0.3 is 28.4 Å². The molecule has 0 bridgehead atoms. The summed E-state index contributed by atoms with van der Waals surface area (Å²) in [5, 5.41) is 0. The van der Waals surface area contributed by atoms with Crippen molar-refractivity contribution in [3.8, 4) is 17.2 Å². The summed E-state index contributed by atoms with van der Waals surface area (Å²) in [7, 11) is 2.96. The highest BCUT2D eigenvalue weighted by molar-refractivity contribution is 5.80. The van der Waals surface area contributed by atoms with Crippen LogP contribution in [0.15, 0.2) is 78.6 Å². The van der Waals surface area contributed by atoms with Crippen LogP contribution in [0, 0.1) is 5.92 Å². The Balaban J connectivity index is 1.16. The zero-order valence-electron chi connectivity index (χ0n) is 26.2. The van der Waals surface area contributed by atoms with Gasteiger partial charge in [-0.3, -0.25) is 14.5 Å². The van der Waals surface area contributed by atoms with E-state index in [1.54, 1.807) is 7.11 Å². The molecule has 0 unspecified atom stereocenters. The van der Waals surface area contributed by atoms with Crippen LogP contribution in [0.1, 0.15) is 47.4 Å². The van der Waals surface area contributed by atoms with Gasteiger partial charge >= 0.3 is 11.9 Å². The Labute approximate surface area is 269 Å². The van der Waals surface area contributed by atoms with Crippen molar-refractivity contribution in [3.63, 3.8) is 0 Å². The molecule has 240 valence electrons. The maximum atomic E-state index is 14.2. The predicted octanol–water partition coefficient (Wildman–Crippen LogP) is 5.35. The molecule has 3 aliphatic heterocycles. The fourth-order valence-electron chi connectivity index (χ4n) is 7.63. The fourth-order valence-corrected chi connectivity index (χ4v) is 7.63. The first-order chi connectivity index (χ1) is 22.5. The predicted molar refractivity (Wildman–Crippen MR) is 169 cm³/mol. The van der Waals surface area contributed by atoms with Gasteiger partial charge in [0.1, 0.15) is 18.1 Å². The first-order valence-electron chi connectivity index (χ1n) is 15.9. The van der Waals surface area contributed by atoms with Gasteiger partial charge in [-0.1, -0.05) is 42.5 Å². The summed E-state index contributed by atoms with van der Waals surface area (Å²) >= 11 is 0. The molecule has 3 aromatic rings. The Morgan fingerprint density at radius 3 is 2.59 bits per heavy atom. The SMILES string of the molecule is COC(=O)C[C@H](Cc1cccc(OCc2ccccc2)c1)C(=O)O[C@@H]1C(OC)=C[C@]23CCCN2CCc2cc4c(cc2[C@H]13)OCO4. The highest BCUT2D eigenvalue weighted by Crippen LogP contribution is 2.55. The van der Waals surface area contributed by atoms with Gasteiger partial charge in [0, 0.05) is 6.54 Å². The largest absolute Gasteiger partial charge is 0.497 e. The minimum atomic E-state index is -0.770. The van der Waals surface area contributed by atoms with Crippen LogP contribution in [-0.2, 0) is 43.2 Å². The number of carbonyl (C=O) groups excluding carboxylic acids is 2. The van der Waals surface area contributed by atoms with E-state index in [4.69, 9.17) is 28.4 Å². The Hall–Kier alpha value is -4.50. The minimum Gasteiger partial charge on any atom is -0.497 e. The van der Waals surface area contributed by atoms with Gasteiger partial charge in [-0.15, -0.1) is 0 Å². The van der Waals surface area contributed by atoms with Crippen LogP contribution in [0.4, 0.5) is 0 Å². The molecule has 7 rings (SSSR count).